The summed E-state index contributed by atoms with van der Waals surface area (Å²) >= 11 is 1.47. The minimum absolute atomic E-state index is 0.0822. The quantitative estimate of drug-likeness (QED) is 0.719. The molecule has 4 heterocycles. The van der Waals surface area contributed by atoms with Crippen molar-refractivity contribution in [1.82, 2.24) is 20.1 Å². The van der Waals surface area contributed by atoms with Gasteiger partial charge in [-0.2, -0.15) is 4.98 Å². The highest BCUT2D eigenvalue weighted by molar-refractivity contribution is 7.13. The first-order valence-electron chi connectivity index (χ1n) is 7.67. The molecule has 24 heavy (non-hydrogen) atoms. The van der Waals surface area contributed by atoms with Crippen molar-refractivity contribution in [3.63, 3.8) is 0 Å². The Bertz CT molecular complexity index is 855. The van der Waals surface area contributed by atoms with Crippen LogP contribution in [0.1, 0.15) is 17.8 Å². The van der Waals surface area contributed by atoms with E-state index in [2.05, 4.69) is 20.1 Å². The van der Waals surface area contributed by atoms with Crippen molar-refractivity contribution < 1.29 is 14.0 Å². The zero-order valence-electron chi connectivity index (χ0n) is 13.4. The second-order valence-corrected chi connectivity index (χ2v) is 6.51. The first-order valence-corrected chi connectivity index (χ1v) is 8.55. The van der Waals surface area contributed by atoms with E-state index in [-0.39, 0.29) is 6.10 Å². The molecule has 0 unspecified atom stereocenters. The second-order valence-electron chi connectivity index (χ2n) is 5.65. The summed E-state index contributed by atoms with van der Waals surface area (Å²) in [6.45, 7) is 5.19. The predicted octanol–water partition coefficient (Wildman–Crippen LogP) is 3.04. The lowest BCUT2D eigenvalue weighted by molar-refractivity contribution is 0.141. The molecule has 4 rings (SSSR count). The molecular formula is C16H16N4O3S. The minimum atomic E-state index is 0.0822. The van der Waals surface area contributed by atoms with Gasteiger partial charge in [-0.05, 0) is 13.8 Å². The van der Waals surface area contributed by atoms with Gasteiger partial charge in [0.25, 0.3) is 5.89 Å². The van der Waals surface area contributed by atoms with Crippen LogP contribution in [0.5, 0.6) is 5.75 Å². The highest BCUT2D eigenvalue weighted by Crippen LogP contribution is 2.27. The second kappa shape index (κ2) is 6.29. The van der Waals surface area contributed by atoms with Crippen LogP contribution in [-0.4, -0.2) is 39.4 Å². The number of thiazole rings is 1. The van der Waals surface area contributed by atoms with Gasteiger partial charge in [0.2, 0.25) is 5.82 Å². The Balaban J connectivity index is 1.61. The van der Waals surface area contributed by atoms with E-state index in [1.54, 1.807) is 0 Å². The van der Waals surface area contributed by atoms with Crippen molar-refractivity contribution in [1.29, 1.82) is 0 Å². The van der Waals surface area contributed by atoms with Crippen molar-refractivity contribution in [3.8, 4) is 28.2 Å². The van der Waals surface area contributed by atoms with Crippen molar-refractivity contribution in [3.05, 3.63) is 28.9 Å². The highest BCUT2D eigenvalue weighted by atomic mass is 32.1. The summed E-state index contributed by atoms with van der Waals surface area (Å²) in [5.41, 5.74) is 2.38. The van der Waals surface area contributed by atoms with Crippen LogP contribution in [0.4, 0.5) is 0 Å². The number of aromatic nitrogens is 4. The molecule has 0 N–H and O–H groups in total. The lowest BCUT2D eigenvalue weighted by Crippen LogP contribution is -2.15. The van der Waals surface area contributed by atoms with Gasteiger partial charge in [-0.25, -0.2) is 9.97 Å². The molecule has 7 nitrogen and oxygen atoms in total. The monoisotopic (exact) mass is 344 g/mol. The molecule has 1 aliphatic heterocycles. The van der Waals surface area contributed by atoms with Crippen LogP contribution >= 0.6 is 11.3 Å². The van der Waals surface area contributed by atoms with Gasteiger partial charge in [-0.3, -0.25) is 0 Å². The van der Waals surface area contributed by atoms with E-state index < -0.39 is 0 Å². The van der Waals surface area contributed by atoms with Crippen LogP contribution in [0.2, 0.25) is 0 Å². The van der Waals surface area contributed by atoms with Crippen LogP contribution < -0.4 is 4.74 Å². The van der Waals surface area contributed by atoms with Crippen molar-refractivity contribution in [2.24, 2.45) is 0 Å². The molecule has 1 atom stereocenters. The van der Waals surface area contributed by atoms with Gasteiger partial charge in [-0.1, -0.05) is 5.16 Å². The number of aryl methyl sites for hydroxylation is 2. The third-order valence-corrected chi connectivity index (χ3v) is 4.52. The van der Waals surface area contributed by atoms with Crippen LogP contribution in [0, 0.1) is 13.8 Å². The molecule has 0 radical (unpaired) electrons. The summed E-state index contributed by atoms with van der Waals surface area (Å²) in [6, 6.07) is 3.72. The van der Waals surface area contributed by atoms with E-state index in [0.717, 1.165) is 30.2 Å². The van der Waals surface area contributed by atoms with E-state index in [1.807, 2.05) is 31.4 Å². The van der Waals surface area contributed by atoms with Crippen LogP contribution in [-0.2, 0) is 4.74 Å². The standard InChI is InChI=1S/C16H16N4O3S/c1-9-5-12(22-11-3-4-21-7-11)6-13(17-9)14-19-15(23-20-14)16-18-10(2)8-24-16/h5-6,8,11H,3-4,7H2,1-2H3/t11-/m1/s1. The Morgan fingerprint density at radius 1 is 1.17 bits per heavy atom. The van der Waals surface area contributed by atoms with Crippen molar-refractivity contribution in [2.75, 3.05) is 13.2 Å². The smallest absolute Gasteiger partial charge is 0.287 e. The van der Waals surface area contributed by atoms with Gasteiger partial charge in [0.1, 0.15) is 17.5 Å². The normalized spacial score (nSPS) is 17.3. The maximum absolute atomic E-state index is 5.95. The molecule has 0 aliphatic carbocycles. The Kier molecular flexibility index (Phi) is 3.99. The maximum Gasteiger partial charge on any atom is 0.287 e. The molecule has 3 aromatic heterocycles. The number of pyridine rings is 1. The van der Waals surface area contributed by atoms with E-state index in [0.29, 0.717) is 29.0 Å². The number of ether oxygens (including phenoxy) is 2. The molecule has 0 amide bonds. The molecule has 0 aromatic carbocycles. The summed E-state index contributed by atoms with van der Waals surface area (Å²) < 4.78 is 16.6. The fourth-order valence-corrected chi connectivity index (χ4v) is 3.20. The van der Waals surface area contributed by atoms with Crippen molar-refractivity contribution in [2.45, 2.75) is 26.4 Å². The molecule has 0 saturated carbocycles. The van der Waals surface area contributed by atoms with Crippen LogP contribution in [0.25, 0.3) is 22.4 Å². The van der Waals surface area contributed by atoms with E-state index >= 15 is 0 Å². The maximum atomic E-state index is 5.95. The molecule has 1 saturated heterocycles. The lowest BCUT2D eigenvalue weighted by atomic mass is 10.2. The van der Waals surface area contributed by atoms with Crippen LogP contribution in [0.3, 0.4) is 0 Å². The van der Waals surface area contributed by atoms with Gasteiger partial charge in [0, 0.05) is 35.3 Å². The molecule has 3 aromatic rings. The summed E-state index contributed by atoms with van der Waals surface area (Å²) in [4.78, 5) is 13.2. The molecule has 1 aliphatic rings. The first-order chi connectivity index (χ1) is 11.7. The van der Waals surface area contributed by atoms with Crippen LogP contribution in [0.15, 0.2) is 22.0 Å². The zero-order valence-corrected chi connectivity index (χ0v) is 14.2. The van der Waals surface area contributed by atoms with Gasteiger partial charge in [0.05, 0.1) is 13.2 Å². The first kappa shape index (κ1) is 15.2. The number of hydrogen-bond acceptors (Lipinski definition) is 8. The average Bonchev–Trinajstić information content (AvgIpc) is 3.27. The molecule has 0 bridgehead atoms. The van der Waals surface area contributed by atoms with E-state index in [9.17, 15) is 0 Å². The fourth-order valence-electron chi connectivity index (χ4n) is 2.48. The molecular weight excluding hydrogens is 328 g/mol. The Hall–Kier alpha value is -2.32. The third kappa shape index (κ3) is 3.15. The molecule has 8 heteroatoms. The summed E-state index contributed by atoms with van der Waals surface area (Å²) in [5.74, 6) is 1.57. The van der Waals surface area contributed by atoms with E-state index in [4.69, 9.17) is 14.0 Å². The molecule has 124 valence electrons. The number of hydrogen-bond donors (Lipinski definition) is 0. The van der Waals surface area contributed by atoms with Crippen molar-refractivity contribution >= 4 is 11.3 Å². The van der Waals surface area contributed by atoms with E-state index in [1.165, 1.54) is 11.3 Å². The highest BCUT2D eigenvalue weighted by Gasteiger charge is 2.19. The van der Waals surface area contributed by atoms with Gasteiger partial charge in [0.15, 0.2) is 5.01 Å². The molecule has 1 fully saturated rings. The van der Waals surface area contributed by atoms with Gasteiger partial charge in [-0.15, -0.1) is 11.3 Å². The largest absolute Gasteiger partial charge is 0.488 e. The summed E-state index contributed by atoms with van der Waals surface area (Å²) in [5, 5.41) is 6.68. The summed E-state index contributed by atoms with van der Waals surface area (Å²) in [7, 11) is 0. The Morgan fingerprint density at radius 2 is 2.08 bits per heavy atom. The fraction of sp³-hybridized carbons (Fsp3) is 0.375. The van der Waals surface area contributed by atoms with Gasteiger partial charge >= 0.3 is 0 Å². The topological polar surface area (TPSA) is 83.2 Å². The Morgan fingerprint density at radius 3 is 2.83 bits per heavy atom. The zero-order chi connectivity index (χ0) is 16.5. The summed E-state index contributed by atoms with van der Waals surface area (Å²) in [6.07, 6.45) is 0.977. The minimum Gasteiger partial charge on any atom is -0.488 e. The lowest BCUT2D eigenvalue weighted by Gasteiger charge is -2.12. The SMILES string of the molecule is Cc1cc(O[C@@H]2CCOC2)cc(-c2noc(-c3nc(C)cs3)n2)n1. The average molecular weight is 344 g/mol. The predicted molar refractivity (Wildman–Crippen MR) is 88.0 cm³/mol. The molecule has 0 spiro atoms. The number of nitrogens with zero attached hydrogens (tertiary/aromatic N) is 4. The number of rotatable bonds is 4. The third-order valence-electron chi connectivity index (χ3n) is 3.57. The van der Waals surface area contributed by atoms with Gasteiger partial charge < -0.3 is 14.0 Å². The Labute approximate surface area is 142 Å².